The zero-order valence-electron chi connectivity index (χ0n) is 8.49. The van der Waals surface area contributed by atoms with E-state index in [0.29, 0.717) is 0 Å². The quantitative estimate of drug-likeness (QED) is 0.701. The molecule has 0 amide bonds. The van der Waals surface area contributed by atoms with E-state index in [9.17, 15) is 0 Å². The third kappa shape index (κ3) is 5.26. The van der Waals surface area contributed by atoms with Gasteiger partial charge in [0.25, 0.3) is 0 Å². The van der Waals surface area contributed by atoms with Gasteiger partial charge in [0.05, 0.1) is 6.10 Å². The summed E-state index contributed by atoms with van der Waals surface area (Å²) in [7, 11) is 0. The van der Waals surface area contributed by atoms with Crippen molar-refractivity contribution < 1.29 is 10.2 Å². The molecule has 0 bridgehead atoms. The second-order valence-corrected chi connectivity index (χ2v) is 2.97. The number of aliphatic hydroxyl groups excluding tert-OH is 1. The van der Waals surface area contributed by atoms with Crippen LogP contribution in [0.2, 0.25) is 0 Å². The zero-order valence-corrected chi connectivity index (χ0v) is 8.49. The van der Waals surface area contributed by atoms with Crippen LogP contribution in [-0.4, -0.2) is 10.2 Å². The first-order valence-corrected chi connectivity index (χ1v) is 4.58. The Hall–Kier alpha value is -1.02. The second-order valence-electron chi connectivity index (χ2n) is 2.97. The van der Waals surface area contributed by atoms with E-state index >= 15 is 0 Å². The van der Waals surface area contributed by atoms with E-state index in [0.717, 1.165) is 5.56 Å². The van der Waals surface area contributed by atoms with Crippen molar-refractivity contribution in [2.75, 3.05) is 0 Å². The van der Waals surface area contributed by atoms with Gasteiger partial charge in [0.1, 0.15) is 5.75 Å². The summed E-state index contributed by atoms with van der Waals surface area (Å²) in [6.07, 6.45) is 0.792. The predicted octanol–water partition coefficient (Wildman–Crippen LogP) is 2.86. The minimum absolute atomic E-state index is 0.226. The number of aliphatic hydroxyl groups is 1. The smallest absolute Gasteiger partial charge is 0.115 e. The van der Waals surface area contributed by atoms with E-state index in [1.807, 2.05) is 0 Å². The molecular weight excluding hydrogens is 164 g/mol. The Bertz CT molecular complexity index is 214. The molecule has 2 nitrogen and oxygen atoms in total. The lowest BCUT2D eigenvalue weighted by atomic mass is 10.1. The molecule has 0 aromatic heterocycles. The van der Waals surface area contributed by atoms with Crippen LogP contribution in [0, 0.1) is 0 Å². The first-order chi connectivity index (χ1) is 6.11. The average molecular weight is 182 g/mol. The fourth-order valence-corrected chi connectivity index (χ4v) is 0.753. The summed E-state index contributed by atoms with van der Waals surface area (Å²) in [6.45, 7) is 5.94. The maximum absolute atomic E-state index is 9.03. The van der Waals surface area contributed by atoms with Gasteiger partial charge in [-0.2, -0.15) is 0 Å². The van der Waals surface area contributed by atoms with Gasteiger partial charge in [-0.05, 0) is 24.6 Å². The first kappa shape index (κ1) is 12.0. The van der Waals surface area contributed by atoms with Crippen molar-refractivity contribution >= 4 is 0 Å². The molecular formula is C11H18O2. The Labute approximate surface area is 79.9 Å². The molecule has 1 aromatic rings. The summed E-state index contributed by atoms with van der Waals surface area (Å²) >= 11 is 0. The highest BCUT2D eigenvalue weighted by Crippen LogP contribution is 2.15. The molecule has 2 N–H and O–H groups in total. The Morgan fingerprint density at radius 1 is 1.15 bits per heavy atom. The van der Waals surface area contributed by atoms with Gasteiger partial charge in [-0.15, -0.1) is 0 Å². The topological polar surface area (TPSA) is 40.5 Å². The lowest BCUT2D eigenvalue weighted by molar-refractivity contribution is 0.199. The number of aromatic hydroxyl groups is 1. The van der Waals surface area contributed by atoms with Crippen LogP contribution >= 0.6 is 0 Å². The number of rotatable bonds is 1. The molecule has 0 saturated carbocycles. The van der Waals surface area contributed by atoms with Gasteiger partial charge in [-0.25, -0.2) is 0 Å². The molecule has 0 radical (unpaired) electrons. The van der Waals surface area contributed by atoms with E-state index < -0.39 is 6.10 Å². The zero-order chi connectivity index (χ0) is 10.3. The van der Waals surface area contributed by atoms with Crippen LogP contribution in [0.25, 0.3) is 0 Å². The van der Waals surface area contributed by atoms with Crippen molar-refractivity contribution in [3.63, 3.8) is 0 Å². The van der Waals surface area contributed by atoms with Crippen molar-refractivity contribution in [1.82, 2.24) is 0 Å². The molecule has 0 aliphatic rings. The summed E-state index contributed by atoms with van der Waals surface area (Å²) in [5.74, 6) is 0.226. The van der Waals surface area contributed by atoms with Gasteiger partial charge in [-0.3, -0.25) is 0 Å². The molecule has 0 aliphatic heterocycles. The molecule has 0 heterocycles. The van der Waals surface area contributed by atoms with Crippen molar-refractivity contribution in [3.05, 3.63) is 29.8 Å². The fourth-order valence-electron chi connectivity index (χ4n) is 0.753. The van der Waals surface area contributed by atoms with Crippen LogP contribution in [-0.2, 0) is 0 Å². The van der Waals surface area contributed by atoms with Gasteiger partial charge in [0.15, 0.2) is 0 Å². The van der Waals surface area contributed by atoms with Crippen LogP contribution < -0.4 is 0 Å². The molecule has 0 saturated heterocycles. The monoisotopic (exact) mass is 182 g/mol. The van der Waals surface area contributed by atoms with E-state index in [2.05, 4.69) is 13.8 Å². The third-order valence-corrected chi connectivity index (χ3v) is 1.38. The standard InChI is InChI=1S/C8H10O2.C3H8/c1-6(9)7-2-4-8(10)5-3-7;1-3-2/h2-6,9-10H,1H3;3H2,1-2H3. The molecule has 2 heteroatoms. The fraction of sp³-hybridized carbons (Fsp3) is 0.455. The summed E-state index contributed by atoms with van der Waals surface area (Å²) < 4.78 is 0. The number of hydrogen-bond acceptors (Lipinski definition) is 2. The van der Waals surface area contributed by atoms with Gasteiger partial charge in [0.2, 0.25) is 0 Å². The van der Waals surface area contributed by atoms with Crippen LogP contribution in [0.15, 0.2) is 24.3 Å². The van der Waals surface area contributed by atoms with Gasteiger partial charge in [0, 0.05) is 0 Å². The Morgan fingerprint density at radius 3 is 1.85 bits per heavy atom. The largest absolute Gasteiger partial charge is 0.508 e. The molecule has 0 fully saturated rings. The van der Waals surface area contributed by atoms with Crippen LogP contribution in [0.4, 0.5) is 0 Å². The highest BCUT2D eigenvalue weighted by Gasteiger charge is 1.97. The molecule has 1 aromatic carbocycles. The van der Waals surface area contributed by atoms with Gasteiger partial charge in [-0.1, -0.05) is 32.4 Å². The van der Waals surface area contributed by atoms with Crippen LogP contribution in [0.3, 0.4) is 0 Å². The molecule has 1 atom stereocenters. The maximum Gasteiger partial charge on any atom is 0.115 e. The number of hydrogen-bond donors (Lipinski definition) is 2. The highest BCUT2D eigenvalue weighted by atomic mass is 16.3. The number of phenols is 1. The molecule has 0 spiro atoms. The van der Waals surface area contributed by atoms with Gasteiger partial charge >= 0.3 is 0 Å². The SMILES string of the molecule is CC(O)c1ccc(O)cc1.CCC. The average Bonchev–Trinajstić information content (AvgIpc) is 2.06. The van der Waals surface area contributed by atoms with E-state index in [1.165, 1.54) is 6.42 Å². The third-order valence-electron chi connectivity index (χ3n) is 1.38. The lowest BCUT2D eigenvalue weighted by Gasteiger charge is -2.02. The summed E-state index contributed by atoms with van der Waals surface area (Å²) in [6, 6.07) is 6.50. The molecule has 0 aliphatic carbocycles. The van der Waals surface area contributed by atoms with Crippen LogP contribution in [0.5, 0.6) is 5.75 Å². The number of phenolic OH excluding ortho intramolecular Hbond substituents is 1. The normalized spacial score (nSPS) is 11.4. The first-order valence-electron chi connectivity index (χ1n) is 4.58. The lowest BCUT2D eigenvalue weighted by Crippen LogP contribution is -1.88. The molecule has 1 unspecified atom stereocenters. The van der Waals surface area contributed by atoms with E-state index in [-0.39, 0.29) is 5.75 Å². The Balaban J connectivity index is 0.000000424. The van der Waals surface area contributed by atoms with E-state index in [1.54, 1.807) is 31.2 Å². The second kappa shape index (κ2) is 6.49. The molecule has 74 valence electrons. The number of benzene rings is 1. The minimum Gasteiger partial charge on any atom is -0.508 e. The predicted molar refractivity (Wildman–Crippen MR) is 54.7 cm³/mol. The van der Waals surface area contributed by atoms with Gasteiger partial charge < -0.3 is 10.2 Å². The maximum atomic E-state index is 9.03. The molecule has 1 rings (SSSR count). The van der Waals surface area contributed by atoms with Crippen molar-refractivity contribution in [3.8, 4) is 5.75 Å². The van der Waals surface area contributed by atoms with Crippen LogP contribution in [0.1, 0.15) is 38.9 Å². The van der Waals surface area contributed by atoms with Crippen molar-refractivity contribution in [2.24, 2.45) is 0 Å². The summed E-state index contributed by atoms with van der Waals surface area (Å²) in [5.41, 5.74) is 0.817. The highest BCUT2D eigenvalue weighted by molar-refractivity contribution is 5.26. The Kier molecular flexibility index (Phi) is 5.98. The Morgan fingerprint density at radius 2 is 1.54 bits per heavy atom. The summed E-state index contributed by atoms with van der Waals surface area (Å²) in [4.78, 5) is 0. The minimum atomic E-state index is -0.458. The summed E-state index contributed by atoms with van der Waals surface area (Å²) in [5, 5.41) is 17.9. The van der Waals surface area contributed by atoms with Crippen molar-refractivity contribution in [1.29, 1.82) is 0 Å². The van der Waals surface area contributed by atoms with E-state index in [4.69, 9.17) is 10.2 Å². The van der Waals surface area contributed by atoms with Crippen molar-refractivity contribution in [2.45, 2.75) is 33.3 Å². The molecule has 13 heavy (non-hydrogen) atoms.